The third kappa shape index (κ3) is 6.05. The maximum atomic E-state index is 12.0. The van der Waals surface area contributed by atoms with E-state index in [9.17, 15) is 19.2 Å². The molecule has 1 aliphatic rings. The number of alkyl carbamates (subject to hydrolysis) is 1. The number of carboxylic acids is 1. The van der Waals surface area contributed by atoms with E-state index in [4.69, 9.17) is 9.84 Å². The van der Waals surface area contributed by atoms with Gasteiger partial charge in [0.2, 0.25) is 5.91 Å². The van der Waals surface area contributed by atoms with Crippen molar-refractivity contribution in [1.29, 1.82) is 0 Å². The molecule has 2 atom stereocenters. The molecule has 1 saturated heterocycles. The summed E-state index contributed by atoms with van der Waals surface area (Å²) in [5.41, 5.74) is 0. The highest BCUT2D eigenvalue weighted by atomic mass is 16.6. The summed E-state index contributed by atoms with van der Waals surface area (Å²) in [5, 5.41) is 13.9. The highest BCUT2D eigenvalue weighted by Gasteiger charge is 2.34. The molecule has 0 aromatic rings. The van der Waals surface area contributed by atoms with Gasteiger partial charge in [-0.3, -0.25) is 9.59 Å². The third-order valence-corrected chi connectivity index (χ3v) is 3.58. The molecule has 0 radical (unpaired) electrons. The first-order valence-electron chi connectivity index (χ1n) is 7.96. The van der Waals surface area contributed by atoms with E-state index in [1.807, 2.05) is 13.8 Å². The molecule has 9 nitrogen and oxygen atoms in total. The molecule has 0 aromatic heterocycles. The average Bonchev–Trinajstić information content (AvgIpc) is 3.00. The lowest BCUT2D eigenvalue weighted by molar-refractivity contribution is -0.148. The van der Waals surface area contributed by atoms with Gasteiger partial charge in [0.15, 0.2) is 6.10 Å². The molecule has 0 bridgehead atoms. The summed E-state index contributed by atoms with van der Waals surface area (Å²) >= 11 is 0. The topological polar surface area (TPSA) is 125 Å². The second-order valence-electron chi connectivity index (χ2n) is 6.12. The van der Waals surface area contributed by atoms with E-state index in [0.717, 1.165) is 0 Å². The van der Waals surface area contributed by atoms with Crippen LogP contribution in [0.2, 0.25) is 0 Å². The van der Waals surface area contributed by atoms with E-state index in [0.29, 0.717) is 25.9 Å². The molecule has 0 aromatic carbocycles. The van der Waals surface area contributed by atoms with Crippen molar-refractivity contribution in [1.82, 2.24) is 15.5 Å². The summed E-state index contributed by atoms with van der Waals surface area (Å²) in [4.78, 5) is 47.6. The highest BCUT2D eigenvalue weighted by molar-refractivity contribution is 5.90. The molecule has 1 fully saturated rings. The third-order valence-electron chi connectivity index (χ3n) is 3.58. The number of carbonyl (C=O) groups excluding carboxylic acids is 3. The van der Waals surface area contributed by atoms with E-state index < -0.39 is 36.0 Å². The van der Waals surface area contributed by atoms with Crippen molar-refractivity contribution in [3.63, 3.8) is 0 Å². The Morgan fingerprint density at radius 1 is 1.21 bits per heavy atom. The summed E-state index contributed by atoms with van der Waals surface area (Å²) in [6.45, 7) is 5.69. The summed E-state index contributed by atoms with van der Waals surface area (Å²) < 4.78 is 4.90. The van der Waals surface area contributed by atoms with Gasteiger partial charge in [-0.2, -0.15) is 0 Å². The zero-order chi connectivity index (χ0) is 18.3. The number of amides is 3. The van der Waals surface area contributed by atoms with Crippen LogP contribution in [-0.4, -0.2) is 65.7 Å². The van der Waals surface area contributed by atoms with Crippen molar-refractivity contribution in [2.75, 3.05) is 19.6 Å². The monoisotopic (exact) mass is 343 g/mol. The van der Waals surface area contributed by atoms with Crippen molar-refractivity contribution >= 4 is 23.9 Å². The van der Waals surface area contributed by atoms with E-state index in [2.05, 4.69) is 10.6 Å². The number of aliphatic carboxylic acids is 1. The lowest BCUT2D eigenvalue weighted by Gasteiger charge is -2.22. The van der Waals surface area contributed by atoms with Crippen LogP contribution in [0.3, 0.4) is 0 Å². The van der Waals surface area contributed by atoms with Gasteiger partial charge in [0.1, 0.15) is 6.04 Å². The lowest BCUT2D eigenvalue weighted by Crippen LogP contribution is -2.47. The fraction of sp³-hybridized carbons (Fsp3) is 0.733. The largest absolute Gasteiger partial charge is 0.480 e. The Bertz CT molecular complexity index is 494. The predicted octanol–water partition coefficient (Wildman–Crippen LogP) is -0.0511. The number of nitrogens with one attached hydrogen (secondary N) is 2. The molecule has 1 heterocycles. The standard InChI is InChI=1S/C15H25N3O6/c1-9(2)7-17-15(23)24-10(3)13(20)16-8-12(19)18-6-4-5-11(18)14(21)22/h9-11H,4-8H2,1-3H3,(H,16,20)(H,17,23)(H,21,22). The SMILES string of the molecule is CC(C)CNC(=O)OC(C)C(=O)NCC(=O)N1CCCC1C(=O)O. The van der Waals surface area contributed by atoms with Gasteiger partial charge < -0.3 is 25.4 Å². The number of carbonyl (C=O) groups is 4. The quantitative estimate of drug-likeness (QED) is 0.595. The first kappa shape index (κ1) is 19.7. The molecule has 2 unspecified atom stereocenters. The molecule has 0 spiro atoms. The first-order chi connectivity index (χ1) is 11.2. The average molecular weight is 343 g/mol. The van der Waals surface area contributed by atoms with Gasteiger partial charge in [-0.25, -0.2) is 9.59 Å². The molecule has 0 aliphatic carbocycles. The molecule has 1 rings (SSSR count). The first-order valence-corrected chi connectivity index (χ1v) is 7.96. The van der Waals surface area contributed by atoms with Gasteiger partial charge in [-0.05, 0) is 25.7 Å². The van der Waals surface area contributed by atoms with Gasteiger partial charge in [0.05, 0.1) is 6.54 Å². The van der Waals surface area contributed by atoms with E-state index in [-0.39, 0.29) is 12.5 Å². The number of nitrogens with zero attached hydrogens (tertiary/aromatic N) is 1. The Labute approximate surface area is 140 Å². The van der Waals surface area contributed by atoms with Crippen molar-refractivity contribution in [2.45, 2.75) is 45.8 Å². The van der Waals surface area contributed by atoms with Crippen LogP contribution in [0.15, 0.2) is 0 Å². The lowest BCUT2D eigenvalue weighted by atomic mass is 10.2. The molecule has 3 N–H and O–H groups in total. The van der Waals surface area contributed by atoms with Gasteiger partial charge in [-0.1, -0.05) is 13.8 Å². The van der Waals surface area contributed by atoms with Crippen LogP contribution < -0.4 is 10.6 Å². The molecule has 0 saturated carbocycles. The normalized spacial score (nSPS) is 18.2. The minimum absolute atomic E-state index is 0.252. The molecular formula is C15H25N3O6. The van der Waals surface area contributed by atoms with Gasteiger partial charge in [-0.15, -0.1) is 0 Å². The number of carboxylic acid groups (broad SMARTS) is 1. The van der Waals surface area contributed by atoms with Crippen LogP contribution in [0.5, 0.6) is 0 Å². The number of hydrogen-bond donors (Lipinski definition) is 3. The van der Waals surface area contributed by atoms with Crippen molar-refractivity contribution < 1.29 is 29.0 Å². The Morgan fingerprint density at radius 3 is 2.46 bits per heavy atom. The Morgan fingerprint density at radius 2 is 1.88 bits per heavy atom. The molecule has 136 valence electrons. The zero-order valence-corrected chi connectivity index (χ0v) is 14.2. The summed E-state index contributed by atoms with van der Waals surface area (Å²) in [7, 11) is 0. The Balaban J connectivity index is 2.38. The maximum Gasteiger partial charge on any atom is 0.407 e. The number of hydrogen-bond acceptors (Lipinski definition) is 5. The number of ether oxygens (including phenoxy) is 1. The summed E-state index contributed by atoms with van der Waals surface area (Å²) in [6.07, 6.45) is -0.738. The van der Waals surface area contributed by atoms with E-state index >= 15 is 0 Å². The van der Waals surface area contributed by atoms with Crippen LogP contribution in [-0.2, 0) is 19.1 Å². The zero-order valence-electron chi connectivity index (χ0n) is 14.2. The Hall–Kier alpha value is -2.32. The van der Waals surface area contributed by atoms with Crippen LogP contribution in [0.4, 0.5) is 4.79 Å². The predicted molar refractivity (Wildman–Crippen MR) is 84.2 cm³/mol. The minimum atomic E-state index is -1.06. The van der Waals surface area contributed by atoms with Gasteiger partial charge >= 0.3 is 12.1 Å². The second-order valence-corrected chi connectivity index (χ2v) is 6.12. The molecule has 1 aliphatic heterocycles. The second kappa shape index (κ2) is 9.09. The Kier molecular flexibility index (Phi) is 7.47. The number of rotatable bonds is 7. The molecule has 9 heteroatoms. The maximum absolute atomic E-state index is 12.0. The molecular weight excluding hydrogens is 318 g/mol. The fourth-order valence-electron chi connectivity index (χ4n) is 2.27. The summed E-state index contributed by atoms with van der Waals surface area (Å²) in [5.74, 6) is -1.88. The van der Waals surface area contributed by atoms with E-state index in [1.165, 1.54) is 11.8 Å². The highest BCUT2D eigenvalue weighted by Crippen LogP contribution is 2.17. The fourth-order valence-corrected chi connectivity index (χ4v) is 2.27. The summed E-state index contributed by atoms with van der Waals surface area (Å²) in [6, 6.07) is -0.843. The molecule has 24 heavy (non-hydrogen) atoms. The van der Waals surface area contributed by atoms with Gasteiger partial charge in [0.25, 0.3) is 5.91 Å². The van der Waals surface area contributed by atoms with Crippen LogP contribution in [0, 0.1) is 5.92 Å². The van der Waals surface area contributed by atoms with Crippen LogP contribution >= 0.6 is 0 Å². The number of likely N-dealkylation sites (tertiary alicyclic amines) is 1. The van der Waals surface area contributed by atoms with Crippen molar-refractivity contribution in [3.05, 3.63) is 0 Å². The van der Waals surface area contributed by atoms with Crippen LogP contribution in [0.1, 0.15) is 33.6 Å². The van der Waals surface area contributed by atoms with Gasteiger partial charge in [0, 0.05) is 13.1 Å². The van der Waals surface area contributed by atoms with Crippen molar-refractivity contribution in [3.8, 4) is 0 Å². The van der Waals surface area contributed by atoms with Crippen molar-refractivity contribution in [2.24, 2.45) is 5.92 Å². The van der Waals surface area contributed by atoms with E-state index in [1.54, 1.807) is 0 Å². The van der Waals surface area contributed by atoms with Crippen LogP contribution in [0.25, 0.3) is 0 Å². The molecule has 3 amide bonds. The smallest absolute Gasteiger partial charge is 0.407 e. The minimum Gasteiger partial charge on any atom is -0.480 e.